The van der Waals surface area contributed by atoms with Crippen LogP contribution in [0.5, 0.6) is 5.75 Å². The number of Topliss-reactive ketones (excluding diaryl/α,β-unsaturated/α-hetero) is 1. The minimum absolute atomic E-state index is 0.0487. The molecule has 1 aromatic rings. The summed E-state index contributed by atoms with van der Waals surface area (Å²) in [5, 5.41) is 2.96. The van der Waals surface area contributed by atoms with E-state index in [0.717, 1.165) is 0 Å². The quantitative estimate of drug-likeness (QED) is 0.862. The third-order valence-corrected chi connectivity index (χ3v) is 3.48. The molecule has 1 aliphatic heterocycles. The van der Waals surface area contributed by atoms with Crippen LogP contribution in [0.2, 0.25) is 0 Å². The first-order valence-electron chi connectivity index (χ1n) is 7.13. The van der Waals surface area contributed by atoms with E-state index < -0.39 is 5.60 Å². The van der Waals surface area contributed by atoms with Crippen LogP contribution in [0.4, 0.5) is 5.69 Å². The Kier molecular flexibility index (Phi) is 4.32. The zero-order chi connectivity index (χ0) is 15.6. The number of nitrogens with one attached hydrogen (secondary N) is 1. The molecular formula is C16H22N2O3. The molecule has 0 unspecified atom stereocenters. The number of amides is 1. The number of ketones is 1. The molecule has 1 aromatic carbocycles. The molecule has 0 atom stereocenters. The summed E-state index contributed by atoms with van der Waals surface area (Å²) < 4.78 is 5.90. The van der Waals surface area contributed by atoms with Crippen molar-refractivity contribution < 1.29 is 14.3 Å². The normalized spacial score (nSPS) is 16.1. The van der Waals surface area contributed by atoms with Crippen LogP contribution >= 0.6 is 0 Å². The molecule has 0 spiro atoms. The molecule has 1 aliphatic rings. The Hall–Kier alpha value is -1.88. The van der Waals surface area contributed by atoms with Gasteiger partial charge in [-0.25, -0.2) is 0 Å². The highest BCUT2D eigenvalue weighted by Gasteiger charge is 2.33. The number of benzene rings is 1. The minimum atomic E-state index is -0.434. The number of hydrogen-bond donors (Lipinski definition) is 1. The van der Waals surface area contributed by atoms with Crippen molar-refractivity contribution in [2.24, 2.45) is 0 Å². The highest BCUT2D eigenvalue weighted by atomic mass is 16.5. The van der Waals surface area contributed by atoms with Gasteiger partial charge in [0.2, 0.25) is 5.91 Å². The van der Waals surface area contributed by atoms with Crippen molar-refractivity contribution in [2.75, 3.05) is 25.0 Å². The molecule has 2 rings (SSSR count). The standard InChI is InChI=1S/C16H22N2O3/c1-11(19)18-10-16(2,3)21-15-6-5-12(9-13(15)18)14(20)7-8-17-4/h5-6,9,17H,7-8,10H2,1-4H3. The van der Waals surface area contributed by atoms with E-state index in [1.807, 2.05) is 20.9 Å². The molecule has 0 saturated heterocycles. The molecule has 0 radical (unpaired) electrons. The van der Waals surface area contributed by atoms with Gasteiger partial charge in [-0.2, -0.15) is 0 Å². The monoisotopic (exact) mass is 290 g/mol. The fourth-order valence-corrected chi connectivity index (χ4v) is 2.45. The second-order valence-electron chi connectivity index (χ2n) is 5.93. The molecule has 0 aromatic heterocycles. The summed E-state index contributed by atoms with van der Waals surface area (Å²) in [6.45, 7) is 6.52. The van der Waals surface area contributed by atoms with Crippen molar-refractivity contribution in [2.45, 2.75) is 32.8 Å². The Morgan fingerprint density at radius 2 is 2.10 bits per heavy atom. The van der Waals surface area contributed by atoms with Gasteiger partial charge >= 0.3 is 0 Å². The van der Waals surface area contributed by atoms with E-state index in [-0.39, 0.29) is 11.7 Å². The van der Waals surface area contributed by atoms with Crippen LogP contribution in [0.25, 0.3) is 0 Å². The van der Waals surface area contributed by atoms with Gasteiger partial charge in [-0.15, -0.1) is 0 Å². The van der Waals surface area contributed by atoms with Crippen molar-refractivity contribution in [1.82, 2.24) is 5.32 Å². The van der Waals surface area contributed by atoms with Crippen LogP contribution < -0.4 is 15.0 Å². The predicted octanol–water partition coefficient (Wildman–Crippen LogP) is 2.00. The summed E-state index contributed by atoms with van der Waals surface area (Å²) in [5.41, 5.74) is 0.853. The molecular weight excluding hydrogens is 268 g/mol. The summed E-state index contributed by atoms with van der Waals surface area (Å²) in [5.74, 6) is 0.652. The van der Waals surface area contributed by atoms with Gasteiger partial charge in [0.1, 0.15) is 11.4 Å². The highest BCUT2D eigenvalue weighted by molar-refractivity contribution is 6.00. The number of ether oxygens (including phenoxy) is 1. The SMILES string of the molecule is CNCCC(=O)c1ccc2c(c1)N(C(C)=O)CC(C)(C)O2. The van der Waals surface area contributed by atoms with Crippen molar-refractivity contribution in [3.8, 4) is 5.75 Å². The van der Waals surface area contributed by atoms with E-state index in [1.165, 1.54) is 6.92 Å². The van der Waals surface area contributed by atoms with Crippen LogP contribution in [0.1, 0.15) is 37.6 Å². The maximum atomic E-state index is 12.1. The molecule has 21 heavy (non-hydrogen) atoms. The first kappa shape index (κ1) is 15.5. The third-order valence-electron chi connectivity index (χ3n) is 3.48. The van der Waals surface area contributed by atoms with E-state index in [9.17, 15) is 9.59 Å². The Balaban J connectivity index is 2.35. The number of anilines is 1. The Bertz CT molecular complexity index is 567. The Morgan fingerprint density at radius 3 is 2.71 bits per heavy atom. The van der Waals surface area contributed by atoms with Gasteiger partial charge in [0.25, 0.3) is 0 Å². The molecule has 1 amide bonds. The van der Waals surface area contributed by atoms with E-state index in [4.69, 9.17) is 4.74 Å². The molecule has 5 heteroatoms. The fraction of sp³-hybridized carbons (Fsp3) is 0.500. The average Bonchev–Trinajstić information content (AvgIpc) is 2.42. The summed E-state index contributed by atoms with van der Waals surface area (Å²) >= 11 is 0. The maximum Gasteiger partial charge on any atom is 0.224 e. The van der Waals surface area contributed by atoms with Crippen LogP contribution in [-0.4, -0.2) is 37.4 Å². The van der Waals surface area contributed by atoms with Crippen molar-refractivity contribution in [3.63, 3.8) is 0 Å². The lowest BCUT2D eigenvalue weighted by atomic mass is 10.0. The predicted molar refractivity (Wildman–Crippen MR) is 82.1 cm³/mol. The smallest absolute Gasteiger partial charge is 0.224 e. The Morgan fingerprint density at radius 1 is 1.38 bits per heavy atom. The Labute approximate surface area is 125 Å². The average molecular weight is 290 g/mol. The zero-order valence-corrected chi connectivity index (χ0v) is 13.0. The summed E-state index contributed by atoms with van der Waals surface area (Å²) in [6, 6.07) is 5.29. The largest absolute Gasteiger partial charge is 0.484 e. The van der Waals surface area contributed by atoms with Gasteiger partial charge in [0.15, 0.2) is 5.78 Å². The van der Waals surface area contributed by atoms with Crippen molar-refractivity contribution >= 4 is 17.4 Å². The molecule has 0 fully saturated rings. The zero-order valence-electron chi connectivity index (χ0n) is 13.0. The fourth-order valence-electron chi connectivity index (χ4n) is 2.45. The number of carbonyl (C=O) groups is 2. The lowest BCUT2D eigenvalue weighted by molar-refractivity contribution is -0.117. The maximum absolute atomic E-state index is 12.1. The van der Waals surface area contributed by atoms with E-state index in [0.29, 0.717) is 36.5 Å². The van der Waals surface area contributed by atoms with Crippen LogP contribution in [0.3, 0.4) is 0 Å². The first-order chi connectivity index (χ1) is 9.84. The highest BCUT2D eigenvalue weighted by Crippen LogP contribution is 2.37. The molecule has 1 heterocycles. The van der Waals surface area contributed by atoms with E-state index in [2.05, 4.69) is 5.32 Å². The molecule has 0 saturated carbocycles. The number of rotatable bonds is 4. The number of nitrogens with zero attached hydrogens (tertiary/aromatic N) is 1. The number of carbonyl (C=O) groups excluding carboxylic acids is 2. The lowest BCUT2D eigenvalue weighted by Crippen LogP contribution is -2.48. The van der Waals surface area contributed by atoms with Gasteiger partial charge in [-0.05, 0) is 39.1 Å². The summed E-state index contributed by atoms with van der Waals surface area (Å²) in [7, 11) is 1.81. The van der Waals surface area contributed by atoms with Gasteiger partial charge in [0, 0.05) is 25.5 Å². The number of hydrogen-bond acceptors (Lipinski definition) is 4. The van der Waals surface area contributed by atoms with Crippen LogP contribution in [-0.2, 0) is 4.79 Å². The second-order valence-corrected chi connectivity index (χ2v) is 5.93. The van der Waals surface area contributed by atoms with Gasteiger partial charge in [-0.3, -0.25) is 9.59 Å². The van der Waals surface area contributed by atoms with Crippen LogP contribution in [0.15, 0.2) is 18.2 Å². The molecule has 1 N–H and O–H groups in total. The van der Waals surface area contributed by atoms with Crippen molar-refractivity contribution in [3.05, 3.63) is 23.8 Å². The molecule has 0 aliphatic carbocycles. The van der Waals surface area contributed by atoms with E-state index in [1.54, 1.807) is 23.1 Å². The molecule has 114 valence electrons. The molecule has 5 nitrogen and oxygen atoms in total. The third kappa shape index (κ3) is 3.42. The lowest BCUT2D eigenvalue weighted by Gasteiger charge is -2.39. The van der Waals surface area contributed by atoms with Gasteiger partial charge in [0.05, 0.1) is 12.2 Å². The summed E-state index contributed by atoms with van der Waals surface area (Å²) in [4.78, 5) is 25.7. The van der Waals surface area contributed by atoms with Crippen molar-refractivity contribution in [1.29, 1.82) is 0 Å². The van der Waals surface area contributed by atoms with E-state index >= 15 is 0 Å². The number of fused-ring (bicyclic) bond motifs is 1. The van der Waals surface area contributed by atoms with Crippen LogP contribution in [0, 0.1) is 0 Å². The topological polar surface area (TPSA) is 58.6 Å². The second kappa shape index (κ2) is 5.85. The summed E-state index contributed by atoms with van der Waals surface area (Å²) in [6.07, 6.45) is 0.432. The minimum Gasteiger partial charge on any atom is -0.484 e. The van der Waals surface area contributed by atoms with Gasteiger partial charge < -0.3 is 15.0 Å². The molecule has 0 bridgehead atoms. The first-order valence-corrected chi connectivity index (χ1v) is 7.13. The van der Waals surface area contributed by atoms with Gasteiger partial charge in [-0.1, -0.05) is 0 Å².